The molecule has 0 N–H and O–H groups in total. The Labute approximate surface area is 116 Å². The maximum absolute atomic E-state index is 9.30. The monoisotopic (exact) mass is 268 g/mol. The van der Waals surface area contributed by atoms with E-state index in [1.165, 1.54) is 11.8 Å². The van der Waals surface area contributed by atoms with Crippen molar-refractivity contribution in [1.29, 1.82) is 5.26 Å². The second-order valence-corrected chi connectivity index (χ2v) is 4.74. The zero-order valence-corrected chi connectivity index (χ0v) is 11.6. The Hall–Kier alpha value is -2.24. The van der Waals surface area contributed by atoms with Crippen LogP contribution in [0.25, 0.3) is 5.70 Å². The molecule has 0 spiro atoms. The van der Waals surface area contributed by atoms with Gasteiger partial charge in [-0.2, -0.15) is 5.26 Å². The largest absolute Gasteiger partial charge is 0.321 e. The van der Waals surface area contributed by atoms with E-state index < -0.39 is 0 Å². The van der Waals surface area contributed by atoms with Crippen LogP contribution in [0.15, 0.2) is 16.6 Å². The minimum atomic E-state index is 0.396. The van der Waals surface area contributed by atoms with Gasteiger partial charge in [0, 0.05) is 11.3 Å². The van der Waals surface area contributed by atoms with Crippen molar-refractivity contribution in [3.63, 3.8) is 0 Å². The minimum absolute atomic E-state index is 0.396. The fourth-order valence-electron chi connectivity index (χ4n) is 1.96. The van der Waals surface area contributed by atoms with E-state index in [-0.39, 0.29) is 0 Å². The highest BCUT2D eigenvalue weighted by Crippen LogP contribution is 2.38. The van der Waals surface area contributed by atoms with Gasteiger partial charge in [-0.05, 0) is 13.2 Å². The normalized spacial score (nSPS) is 12.8. The molecule has 0 unspecified atom stereocenters. The number of aromatic nitrogens is 1. The molecule has 0 radical (unpaired) electrons. The number of aliphatic imine (C=N–C) groups is 1. The number of fused-ring (bicyclic) bond motifs is 1. The van der Waals surface area contributed by atoms with Crippen LogP contribution in [-0.2, 0) is 0 Å². The van der Waals surface area contributed by atoms with Gasteiger partial charge in [-0.15, -0.1) is 18.2 Å². The van der Waals surface area contributed by atoms with E-state index in [0.717, 1.165) is 17.0 Å². The lowest BCUT2D eigenvalue weighted by molar-refractivity contribution is 0.674. The Balaban J connectivity index is 2.68. The first-order chi connectivity index (χ1) is 9.13. The number of nitrogens with zero attached hydrogens (tertiary/aromatic N) is 4. The lowest BCUT2D eigenvalue weighted by Gasteiger charge is -2.26. The zero-order valence-electron chi connectivity index (χ0n) is 10.8. The smallest absolute Gasteiger partial charge is 0.116 e. The fraction of sp³-hybridized carbons (Fsp3) is 0.214. The van der Waals surface area contributed by atoms with E-state index in [1.807, 2.05) is 13.2 Å². The molecule has 1 aromatic rings. The number of nitriles is 1. The summed E-state index contributed by atoms with van der Waals surface area (Å²) in [6.07, 6.45) is 8.83. The molecular weight excluding hydrogens is 256 g/mol. The molecule has 94 valence electrons. The van der Waals surface area contributed by atoms with Crippen molar-refractivity contribution >= 4 is 29.5 Å². The fourth-order valence-corrected chi connectivity index (χ4v) is 2.53. The number of pyridine rings is 1. The lowest BCUT2D eigenvalue weighted by Crippen LogP contribution is -2.23. The first-order valence-corrected chi connectivity index (χ1v) is 6.78. The molecule has 1 aliphatic heterocycles. The van der Waals surface area contributed by atoms with Gasteiger partial charge in [0.1, 0.15) is 16.7 Å². The summed E-state index contributed by atoms with van der Waals surface area (Å²) >= 11 is 1.44. The van der Waals surface area contributed by atoms with Crippen molar-refractivity contribution in [2.24, 2.45) is 4.99 Å². The Morgan fingerprint density at radius 2 is 2.32 bits per heavy atom. The Bertz CT molecular complexity index is 661. The molecule has 0 fully saturated rings. The maximum atomic E-state index is 9.30. The highest BCUT2D eigenvalue weighted by Gasteiger charge is 2.24. The molecule has 4 nitrogen and oxygen atoms in total. The van der Waals surface area contributed by atoms with Crippen molar-refractivity contribution in [2.75, 3.05) is 12.8 Å². The van der Waals surface area contributed by atoms with Gasteiger partial charge in [0.2, 0.25) is 0 Å². The topological polar surface area (TPSA) is 52.3 Å². The Morgan fingerprint density at radius 1 is 1.58 bits per heavy atom. The first kappa shape index (κ1) is 13.2. The van der Waals surface area contributed by atoms with Crippen molar-refractivity contribution < 1.29 is 0 Å². The van der Waals surface area contributed by atoms with Crippen LogP contribution in [0, 0.1) is 30.6 Å². The maximum Gasteiger partial charge on any atom is 0.116 e. The van der Waals surface area contributed by atoms with E-state index in [0.29, 0.717) is 22.8 Å². The van der Waals surface area contributed by atoms with E-state index in [2.05, 4.69) is 28.5 Å². The van der Waals surface area contributed by atoms with Crippen molar-refractivity contribution in [3.8, 4) is 18.4 Å². The lowest BCUT2D eigenvalue weighted by atomic mass is 10.0. The molecule has 1 aliphatic rings. The molecule has 0 saturated carbocycles. The van der Waals surface area contributed by atoms with Gasteiger partial charge in [0.05, 0.1) is 24.3 Å². The van der Waals surface area contributed by atoms with E-state index in [4.69, 9.17) is 6.42 Å². The summed E-state index contributed by atoms with van der Waals surface area (Å²) in [5.74, 6) is 2.55. The van der Waals surface area contributed by atoms with Crippen molar-refractivity contribution in [3.05, 3.63) is 23.4 Å². The van der Waals surface area contributed by atoms with Gasteiger partial charge >= 0.3 is 0 Å². The molecule has 0 amide bonds. The summed E-state index contributed by atoms with van der Waals surface area (Å²) in [6, 6.07) is 2.17. The molecular formula is C14H12N4S. The molecule has 0 saturated heterocycles. The van der Waals surface area contributed by atoms with Gasteiger partial charge in [-0.25, -0.2) is 9.98 Å². The second kappa shape index (κ2) is 5.17. The molecule has 1 aromatic heterocycles. The van der Waals surface area contributed by atoms with E-state index in [1.54, 1.807) is 11.2 Å². The highest BCUT2D eigenvalue weighted by molar-refractivity contribution is 7.98. The van der Waals surface area contributed by atoms with Gasteiger partial charge in [0.25, 0.3) is 0 Å². The van der Waals surface area contributed by atoms with Crippen LogP contribution >= 0.6 is 11.8 Å². The summed E-state index contributed by atoms with van der Waals surface area (Å²) in [6.45, 7) is 6.32. The third-order valence-electron chi connectivity index (χ3n) is 2.85. The number of rotatable bonds is 2. The third-order valence-corrected chi connectivity index (χ3v) is 3.53. The van der Waals surface area contributed by atoms with Crippen LogP contribution < -0.4 is 0 Å². The van der Waals surface area contributed by atoms with Gasteiger partial charge in [-0.3, -0.25) is 0 Å². The molecule has 5 heteroatoms. The van der Waals surface area contributed by atoms with E-state index in [9.17, 15) is 5.26 Å². The van der Waals surface area contributed by atoms with Crippen LogP contribution in [0.1, 0.15) is 16.8 Å². The molecule has 0 bridgehead atoms. The molecule has 19 heavy (non-hydrogen) atoms. The highest BCUT2D eigenvalue weighted by atomic mass is 32.2. The predicted octanol–water partition coefficient (Wildman–Crippen LogP) is 2.56. The van der Waals surface area contributed by atoms with Crippen LogP contribution in [0.4, 0.5) is 5.69 Å². The van der Waals surface area contributed by atoms with Crippen LogP contribution in [0.3, 0.4) is 0 Å². The number of hydrogen-bond acceptors (Lipinski definition) is 5. The Kier molecular flexibility index (Phi) is 3.59. The average Bonchev–Trinajstić information content (AvgIpc) is 2.41. The van der Waals surface area contributed by atoms with Crippen molar-refractivity contribution in [2.45, 2.75) is 11.9 Å². The number of hydrogen-bond donors (Lipinski definition) is 0. The molecule has 0 aromatic carbocycles. The van der Waals surface area contributed by atoms with Gasteiger partial charge < -0.3 is 4.90 Å². The zero-order chi connectivity index (χ0) is 14.0. The summed E-state index contributed by atoms with van der Waals surface area (Å²) < 4.78 is 0. The summed E-state index contributed by atoms with van der Waals surface area (Å²) in [5.41, 5.74) is 3.47. The summed E-state index contributed by atoms with van der Waals surface area (Å²) in [5, 5.41) is 9.99. The summed E-state index contributed by atoms with van der Waals surface area (Å²) in [7, 11) is 0. The number of terminal acetylenes is 1. The van der Waals surface area contributed by atoms with Gasteiger partial charge in [0.15, 0.2) is 0 Å². The molecule has 2 rings (SSSR count). The predicted molar refractivity (Wildman–Crippen MR) is 78.2 cm³/mol. The molecule has 0 atom stereocenters. The second-order valence-electron chi connectivity index (χ2n) is 3.94. The average molecular weight is 268 g/mol. The van der Waals surface area contributed by atoms with E-state index >= 15 is 0 Å². The standard InChI is InChI=1S/C14H12N4S/c1-5-6-18-8-16-13-11(7-15)14(19-4)17-9(2)12(13)10(18)3/h1,8H,3,6H2,2,4H3. The molecule has 2 heterocycles. The number of aryl methyl sites for hydroxylation is 1. The molecule has 0 aliphatic carbocycles. The van der Waals surface area contributed by atoms with Crippen LogP contribution in [-0.4, -0.2) is 29.0 Å². The SMILES string of the molecule is C#CCN1C=Nc2c(C#N)c(SC)nc(C)c2C1=C. The first-order valence-electron chi connectivity index (χ1n) is 5.56. The summed E-state index contributed by atoms with van der Waals surface area (Å²) in [4.78, 5) is 10.6. The van der Waals surface area contributed by atoms with Gasteiger partial charge in [-0.1, -0.05) is 12.5 Å². The van der Waals surface area contributed by atoms with Crippen molar-refractivity contribution in [1.82, 2.24) is 9.88 Å². The van der Waals surface area contributed by atoms with Crippen LogP contribution in [0.5, 0.6) is 0 Å². The third kappa shape index (κ3) is 2.09. The number of thioether (sulfide) groups is 1. The quantitative estimate of drug-likeness (QED) is 0.611. The van der Waals surface area contributed by atoms with Crippen LogP contribution in [0.2, 0.25) is 0 Å². The minimum Gasteiger partial charge on any atom is -0.321 e. The Morgan fingerprint density at radius 3 is 2.89 bits per heavy atom.